The molecule has 1 aromatic rings. The fraction of sp³-hybridized carbons (Fsp3) is 0.786. The maximum atomic E-state index is 2.33. The van der Waals surface area contributed by atoms with E-state index in [-0.39, 0.29) is 5.41 Å². The summed E-state index contributed by atoms with van der Waals surface area (Å²) in [6, 6.07) is 0. The average molecular weight is 223 g/mol. The Kier molecular flexibility index (Phi) is 4.57. The standard InChI is InChI=1S/C14H27N2/c1-6-7-8-9-10-16-11-13(14(2,3)4)15(5)12-16/h11-12H,6-10H2,1-5H3/q+1. The van der Waals surface area contributed by atoms with Crippen molar-refractivity contribution in [3.63, 3.8) is 0 Å². The van der Waals surface area contributed by atoms with E-state index >= 15 is 0 Å². The summed E-state index contributed by atoms with van der Waals surface area (Å²) in [6.45, 7) is 10.2. The first kappa shape index (κ1) is 13.3. The van der Waals surface area contributed by atoms with Gasteiger partial charge in [-0.2, -0.15) is 0 Å². The molecule has 2 heteroatoms. The summed E-state index contributed by atoms with van der Waals surface area (Å²) >= 11 is 0. The van der Waals surface area contributed by atoms with E-state index in [9.17, 15) is 0 Å². The SMILES string of the molecule is CCCCCCn1cc(C(C)(C)C)[n+](C)c1. The molecule has 0 aliphatic carbocycles. The van der Waals surface area contributed by atoms with Gasteiger partial charge in [-0.05, 0) is 12.8 Å². The highest BCUT2D eigenvalue weighted by molar-refractivity contribution is 5.02. The van der Waals surface area contributed by atoms with Crippen LogP contribution < -0.4 is 4.57 Å². The van der Waals surface area contributed by atoms with Crippen molar-refractivity contribution in [2.75, 3.05) is 0 Å². The second-order valence-electron chi connectivity index (χ2n) is 5.79. The summed E-state index contributed by atoms with van der Waals surface area (Å²) in [7, 11) is 2.14. The van der Waals surface area contributed by atoms with Gasteiger partial charge in [0.2, 0.25) is 6.33 Å². The Balaban J connectivity index is 2.56. The molecule has 0 N–H and O–H groups in total. The number of nitrogens with zero attached hydrogens (tertiary/aromatic N) is 2. The lowest BCUT2D eigenvalue weighted by atomic mass is 9.93. The topological polar surface area (TPSA) is 8.81 Å². The highest BCUT2D eigenvalue weighted by Gasteiger charge is 2.23. The molecule has 0 atom stereocenters. The van der Waals surface area contributed by atoms with E-state index in [1.807, 2.05) is 0 Å². The molecule has 0 fully saturated rings. The Labute approximate surface area is 100 Å². The maximum absolute atomic E-state index is 2.33. The van der Waals surface area contributed by atoms with Crippen LogP contribution in [0.1, 0.15) is 59.1 Å². The molecule has 0 saturated carbocycles. The smallest absolute Gasteiger partial charge is 0.237 e. The fourth-order valence-electron chi connectivity index (χ4n) is 2.13. The summed E-state index contributed by atoms with van der Waals surface area (Å²) in [4.78, 5) is 0. The van der Waals surface area contributed by atoms with Crippen LogP contribution >= 0.6 is 0 Å². The summed E-state index contributed by atoms with van der Waals surface area (Å²) in [5.74, 6) is 0. The van der Waals surface area contributed by atoms with Crippen molar-refractivity contribution >= 4 is 0 Å². The van der Waals surface area contributed by atoms with E-state index in [0.717, 1.165) is 6.54 Å². The minimum atomic E-state index is 0.240. The molecule has 0 aliphatic heterocycles. The second-order valence-corrected chi connectivity index (χ2v) is 5.79. The lowest BCUT2D eigenvalue weighted by Gasteiger charge is -2.13. The van der Waals surface area contributed by atoms with E-state index in [4.69, 9.17) is 0 Å². The zero-order valence-corrected chi connectivity index (χ0v) is 11.6. The first-order valence-electron chi connectivity index (χ1n) is 6.51. The largest absolute Gasteiger partial charge is 0.243 e. The number of imidazole rings is 1. The average Bonchev–Trinajstić information content (AvgIpc) is 2.54. The zero-order chi connectivity index (χ0) is 12.2. The molecule has 0 radical (unpaired) electrons. The van der Waals surface area contributed by atoms with Crippen molar-refractivity contribution in [1.82, 2.24) is 4.57 Å². The van der Waals surface area contributed by atoms with Gasteiger partial charge in [0.25, 0.3) is 0 Å². The van der Waals surface area contributed by atoms with E-state index in [1.165, 1.54) is 31.4 Å². The van der Waals surface area contributed by atoms with Gasteiger partial charge in [0.15, 0.2) is 0 Å². The molecule has 0 unspecified atom stereocenters. The Bertz CT molecular complexity index is 318. The second kappa shape index (κ2) is 5.51. The lowest BCUT2D eigenvalue weighted by Crippen LogP contribution is -2.36. The van der Waals surface area contributed by atoms with Crippen LogP contribution in [0.5, 0.6) is 0 Å². The fourth-order valence-corrected chi connectivity index (χ4v) is 2.13. The van der Waals surface area contributed by atoms with Crippen LogP contribution in [0.2, 0.25) is 0 Å². The van der Waals surface area contributed by atoms with Crippen LogP contribution in [-0.2, 0) is 19.0 Å². The van der Waals surface area contributed by atoms with Crippen molar-refractivity contribution in [1.29, 1.82) is 0 Å². The van der Waals surface area contributed by atoms with Gasteiger partial charge in [0, 0.05) is 5.41 Å². The molecular weight excluding hydrogens is 196 g/mol. The quantitative estimate of drug-likeness (QED) is 0.535. The van der Waals surface area contributed by atoms with Crippen LogP contribution in [0.25, 0.3) is 0 Å². The molecule has 16 heavy (non-hydrogen) atoms. The zero-order valence-electron chi connectivity index (χ0n) is 11.6. The monoisotopic (exact) mass is 223 g/mol. The van der Waals surface area contributed by atoms with E-state index in [0.29, 0.717) is 0 Å². The van der Waals surface area contributed by atoms with Crippen LogP contribution in [-0.4, -0.2) is 4.57 Å². The summed E-state index contributed by atoms with van der Waals surface area (Å²) in [5, 5.41) is 0. The highest BCUT2D eigenvalue weighted by atomic mass is 15.1. The van der Waals surface area contributed by atoms with Crippen molar-refractivity contribution in [3.8, 4) is 0 Å². The van der Waals surface area contributed by atoms with Gasteiger partial charge < -0.3 is 0 Å². The van der Waals surface area contributed by atoms with Gasteiger partial charge in [-0.1, -0.05) is 40.5 Å². The maximum Gasteiger partial charge on any atom is 0.243 e. The molecule has 1 heterocycles. The number of hydrogen-bond acceptors (Lipinski definition) is 0. The third kappa shape index (κ3) is 3.66. The van der Waals surface area contributed by atoms with Crippen LogP contribution in [0, 0.1) is 0 Å². The van der Waals surface area contributed by atoms with Gasteiger partial charge in [0.1, 0.15) is 11.9 Å². The van der Waals surface area contributed by atoms with E-state index in [2.05, 4.69) is 56.4 Å². The van der Waals surface area contributed by atoms with E-state index in [1.54, 1.807) is 0 Å². The van der Waals surface area contributed by atoms with Crippen molar-refractivity contribution in [2.24, 2.45) is 7.05 Å². The van der Waals surface area contributed by atoms with E-state index < -0.39 is 0 Å². The van der Waals surface area contributed by atoms with Gasteiger partial charge in [-0.3, -0.25) is 0 Å². The van der Waals surface area contributed by atoms with Gasteiger partial charge in [-0.25, -0.2) is 9.13 Å². The lowest BCUT2D eigenvalue weighted by molar-refractivity contribution is -0.681. The molecule has 1 rings (SSSR count). The molecule has 0 aromatic carbocycles. The molecule has 0 amide bonds. The number of unbranched alkanes of at least 4 members (excludes halogenated alkanes) is 3. The molecule has 0 bridgehead atoms. The summed E-state index contributed by atoms with van der Waals surface area (Å²) < 4.78 is 4.58. The molecule has 2 nitrogen and oxygen atoms in total. The molecule has 92 valence electrons. The summed E-state index contributed by atoms with van der Waals surface area (Å²) in [6.07, 6.45) is 9.83. The number of aryl methyl sites for hydroxylation is 2. The van der Waals surface area contributed by atoms with Crippen molar-refractivity contribution in [2.45, 2.75) is 65.3 Å². The first-order chi connectivity index (χ1) is 7.45. The predicted molar refractivity (Wildman–Crippen MR) is 68.5 cm³/mol. The Morgan fingerprint density at radius 3 is 2.38 bits per heavy atom. The number of aromatic nitrogens is 2. The third-order valence-corrected chi connectivity index (χ3v) is 3.03. The van der Waals surface area contributed by atoms with Crippen molar-refractivity contribution < 1.29 is 4.57 Å². The van der Waals surface area contributed by atoms with Gasteiger partial charge in [-0.15, -0.1) is 0 Å². The molecular formula is C14H27N2+. The van der Waals surface area contributed by atoms with Gasteiger partial charge in [0.05, 0.1) is 13.6 Å². The minimum Gasteiger partial charge on any atom is -0.237 e. The van der Waals surface area contributed by atoms with Crippen molar-refractivity contribution in [3.05, 3.63) is 18.2 Å². The molecule has 0 spiro atoms. The first-order valence-corrected chi connectivity index (χ1v) is 6.51. The summed E-state index contributed by atoms with van der Waals surface area (Å²) in [5.41, 5.74) is 1.65. The van der Waals surface area contributed by atoms with Crippen LogP contribution in [0.15, 0.2) is 12.5 Å². The number of hydrogen-bond donors (Lipinski definition) is 0. The highest BCUT2D eigenvalue weighted by Crippen LogP contribution is 2.18. The molecule has 0 aliphatic rings. The van der Waals surface area contributed by atoms with Gasteiger partial charge >= 0.3 is 0 Å². The Morgan fingerprint density at radius 2 is 1.88 bits per heavy atom. The Hall–Kier alpha value is -0.790. The normalized spacial score (nSPS) is 12.1. The molecule has 0 saturated heterocycles. The van der Waals surface area contributed by atoms with Crippen LogP contribution in [0.3, 0.4) is 0 Å². The third-order valence-electron chi connectivity index (χ3n) is 3.03. The predicted octanol–water partition coefficient (Wildman–Crippen LogP) is 3.19. The minimum absolute atomic E-state index is 0.240. The number of rotatable bonds is 5. The Morgan fingerprint density at radius 1 is 1.19 bits per heavy atom. The molecule has 1 aromatic heterocycles. The van der Waals surface area contributed by atoms with Crippen LogP contribution in [0.4, 0.5) is 0 Å².